The first-order chi connectivity index (χ1) is 9.58. The van der Waals surface area contributed by atoms with Crippen LogP contribution in [0.15, 0.2) is 27.1 Å². The zero-order valence-electron chi connectivity index (χ0n) is 11.5. The monoisotopic (exact) mass is 403 g/mol. The average Bonchev–Trinajstić information content (AvgIpc) is 2.41. The molecular weight excluding hydrogens is 386 g/mol. The Labute approximate surface area is 136 Å². The zero-order valence-corrected chi connectivity index (χ0v) is 14.7. The van der Waals surface area contributed by atoms with Crippen molar-refractivity contribution >= 4 is 37.8 Å². The molecule has 1 N–H and O–H groups in total. The van der Waals surface area contributed by atoms with Crippen molar-refractivity contribution in [2.75, 3.05) is 6.61 Å². The van der Waals surface area contributed by atoms with Gasteiger partial charge in [0.25, 0.3) is 5.91 Å². The van der Waals surface area contributed by atoms with Gasteiger partial charge in [-0.2, -0.15) is 0 Å². The van der Waals surface area contributed by atoms with E-state index in [1.807, 2.05) is 18.2 Å². The van der Waals surface area contributed by atoms with Gasteiger partial charge in [0.2, 0.25) is 0 Å². The standard InChI is InChI=1S/C15H19Br2NO2/c1-10-5-2-3-8-13(10)18-14(19)9-20-15-11(16)6-4-7-12(15)17/h4,6-7,10,13H,2-3,5,8-9H2,1H3,(H,18,19)/t10-,13-/m0/s1. The number of halogens is 2. The normalized spacial score (nSPS) is 22.4. The van der Waals surface area contributed by atoms with Crippen LogP contribution in [0, 0.1) is 5.92 Å². The molecule has 0 aromatic heterocycles. The van der Waals surface area contributed by atoms with Gasteiger partial charge in [-0.05, 0) is 62.8 Å². The fraction of sp³-hybridized carbons (Fsp3) is 0.533. The first kappa shape index (κ1) is 15.8. The van der Waals surface area contributed by atoms with Gasteiger partial charge in [-0.15, -0.1) is 0 Å². The number of hydrogen-bond acceptors (Lipinski definition) is 2. The van der Waals surface area contributed by atoms with Crippen molar-refractivity contribution in [2.24, 2.45) is 5.92 Å². The van der Waals surface area contributed by atoms with Crippen molar-refractivity contribution in [1.29, 1.82) is 0 Å². The summed E-state index contributed by atoms with van der Waals surface area (Å²) in [7, 11) is 0. The Morgan fingerprint density at radius 1 is 1.30 bits per heavy atom. The molecule has 1 aliphatic carbocycles. The van der Waals surface area contributed by atoms with E-state index in [2.05, 4.69) is 44.1 Å². The first-order valence-electron chi connectivity index (χ1n) is 6.94. The summed E-state index contributed by atoms with van der Waals surface area (Å²) in [6.07, 6.45) is 4.74. The van der Waals surface area contributed by atoms with E-state index in [0.717, 1.165) is 15.4 Å². The molecule has 0 unspecified atom stereocenters. The molecule has 1 amide bonds. The molecule has 3 nitrogen and oxygen atoms in total. The number of hydrogen-bond donors (Lipinski definition) is 1. The summed E-state index contributed by atoms with van der Waals surface area (Å²) in [6, 6.07) is 5.98. The molecule has 0 bridgehead atoms. The highest BCUT2D eigenvalue weighted by atomic mass is 79.9. The van der Waals surface area contributed by atoms with Crippen LogP contribution in [0.2, 0.25) is 0 Å². The van der Waals surface area contributed by atoms with Gasteiger partial charge in [0.15, 0.2) is 6.61 Å². The summed E-state index contributed by atoms with van der Waals surface area (Å²) in [6.45, 7) is 2.25. The van der Waals surface area contributed by atoms with E-state index in [1.165, 1.54) is 19.3 Å². The summed E-state index contributed by atoms with van der Waals surface area (Å²) >= 11 is 6.84. The largest absolute Gasteiger partial charge is 0.481 e. The molecule has 1 saturated carbocycles. The Morgan fingerprint density at radius 3 is 2.60 bits per heavy atom. The highest BCUT2D eigenvalue weighted by molar-refractivity contribution is 9.11. The highest BCUT2D eigenvalue weighted by Gasteiger charge is 2.23. The number of benzene rings is 1. The molecule has 0 spiro atoms. The lowest BCUT2D eigenvalue weighted by atomic mass is 9.86. The maximum atomic E-state index is 12.0. The first-order valence-corrected chi connectivity index (χ1v) is 8.52. The summed E-state index contributed by atoms with van der Waals surface area (Å²) in [5, 5.41) is 3.08. The van der Waals surface area contributed by atoms with Gasteiger partial charge in [0.05, 0.1) is 8.95 Å². The van der Waals surface area contributed by atoms with Crippen molar-refractivity contribution in [1.82, 2.24) is 5.32 Å². The number of carbonyl (C=O) groups excluding carboxylic acids is 1. The quantitative estimate of drug-likeness (QED) is 0.812. The van der Waals surface area contributed by atoms with Crippen LogP contribution in [-0.4, -0.2) is 18.6 Å². The van der Waals surface area contributed by atoms with E-state index in [1.54, 1.807) is 0 Å². The van der Waals surface area contributed by atoms with Crippen LogP contribution < -0.4 is 10.1 Å². The predicted octanol–water partition coefficient (Wildman–Crippen LogP) is 4.29. The third-order valence-corrected chi connectivity index (χ3v) is 4.97. The molecule has 1 aliphatic rings. The lowest BCUT2D eigenvalue weighted by Crippen LogP contribution is -2.43. The Balaban J connectivity index is 1.86. The molecule has 1 aromatic carbocycles. The van der Waals surface area contributed by atoms with Crippen molar-refractivity contribution in [3.8, 4) is 5.75 Å². The summed E-state index contributed by atoms with van der Waals surface area (Å²) in [5.41, 5.74) is 0. The third kappa shape index (κ3) is 4.22. The number of nitrogens with one attached hydrogen (secondary N) is 1. The van der Waals surface area contributed by atoms with E-state index in [0.29, 0.717) is 17.7 Å². The molecule has 0 aliphatic heterocycles. The van der Waals surface area contributed by atoms with Crippen molar-refractivity contribution in [2.45, 2.75) is 38.6 Å². The van der Waals surface area contributed by atoms with Crippen LogP contribution in [0.3, 0.4) is 0 Å². The van der Waals surface area contributed by atoms with E-state index in [9.17, 15) is 4.79 Å². The average molecular weight is 405 g/mol. The van der Waals surface area contributed by atoms with Crippen LogP contribution >= 0.6 is 31.9 Å². The van der Waals surface area contributed by atoms with Gasteiger partial charge in [0.1, 0.15) is 5.75 Å². The van der Waals surface area contributed by atoms with Gasteiger partial charge >= 0.3 is 0 Å². The summed E-state index contributed by atoms with van der Waals surface area (Å²) in [4.78, 5) is 12.0. The van der Waals surface area contributed by atoms with Crippen molar-refractivity contribution in [3.05, 3.63) is 27.1 Å². The second-order valence-electron chi connectivity index (χ2n) is 5.28. The third-order valence-electron chi connectivity index (χ3n) is 3.72. The maximum absolute atomic E-state index is 12.0. The summed E-state index contributed by atoms with van der Waals surface area (Å²) < 4.78 is 7.28. The Morgan fingerprint density at radius 2 is 1.95 bits per heavy atom. The van der Waals surface area contributed by atoms with E-state index >= 15 is 0 Å². The van der Waals surface area contributed by atoms with E-state index < -0.39 is 0 Å². The molecule has 2 atom stereocenters. The lowest BCUT2D eigenvalue weighted by molar-refractivity contribution is -0.124. The minimum atomic E-state index is -0.0496. The van der Waals surface area contributed by atoms with Gasteiger partial charge < -0.3 is 10.1 Å². The lowest BCUT2D eigenvalue weighted by Gasteiger charge is -2.29. The van der Waals surface area contributed by atoms with Crippen LogP contribution in [-0.2, 0) is 4.79 Å². The maximum Gasteiger partial charge on any atom is 0.258 e. The molecule has 2 rings (SSSR count). The van der Waals surface area contributed by atoms with E-state index in [-0.39, 0.29) is 12.5 Å². The second-order valence-corrected chi connectivity index (χ2v) is 6.98. The molecule has 20 heavy (non-hydrogen) atoms. The highest BCUT2D eigenvalue weighted by Crippen LogP contribution is 2.32. The van der Waals surface area contributed by atoms with Crippen molar-refractivity contribution in [3.63, 3.8) is 0 Å². The Hall–Kier alpha value is -0.550. The predicted molar refractivity (Wildman–Crippen MR) is 86.9 cm³/mol. The number of para-hydroxylation sites is 1. The van der Waals surface area contributed by atoms with Gasteiger partial charge in [-0.25, -0.2) is 0 Å². The molecular formula is C15H19Br2NO2. The Bertz CT molecular complexity index is 459. The molecule has 1 aromatic rings. The van der Waals surface area contributed by atoms with Crippen molar-refractivity contribution < 1.29 is 9.53 Å². The Kier molecular flexibility index (Phi) is 5.90. The minimum Gasteiger partial charge on any atom is -0.481 e. The number of amides is 1. The number of rotatable bonds is 4. The SMILES string of the molecule is C[C@H]1CCCC[C@@H]1NC(=O)COc1c(Br)cccc1Br. The fourth-order valence-electron chi connectivity index (χ4n) is 2.54. The molecule has 0 heterocycles. The van der Waals surface area contributed by atoms with Crippen LogP contribution in [0.1, 0.15) is 32.6 Å². The smallest absolute Gasteiger partial charge is 0.258 e. The van der Waals surface area contributed by atoms with Gasteiger partial charge in [0, 0.05) is 6.04 Å². The zero-order chi connectivity index (χ0) is 14.5. The van der Waals surface area contributed by atoms with Crippen LogP contribution in [0.25, 0.3) is 0 Å². The fourth-order valence-corrected chi connectivity index (χ4v) is 3.76. The summed E-state index contributed by atoms with van der Waals surface area (Å²) in [5.74, 6) is 1.17. The molecule has 0 saturated heterocycles. The minimum absolute atomic E-state index is 0.0461. The number of ether oxygens (including phenoxy) is 1. The topological polar surface area (TPSA) is 38.3 Å². The molecule has 1 fully saturated rings. The number of carbonyl (C=O) groups is 1. The molecule has 0 radical (unpaired) electrons. The van der Waals surface area contributed by atoms with Gasteiger partial charge in [-0.3, -0.25) is 4.79 Å². The van der Waals surface area contributed by atoms with Crippen LogP contribution in [0.5, 0.6) is 5.75 Å². The van der Waals surface area contributed by atoms with Crippen LogP contribution in [0.4, 0.5) is 0 Å². The molecule has 5 heteroatoms. The van der Waals surface area contributed by atoms with E-state index in [4.69, 9.17) is 4.74 Å². The second kappa shape index (κ2) is 7.46. The van der Waals surface area contributed by atoms with Gasteiger partial charge in [-0.1, -0.05) is 25.8 Å². The molecule has 110 valence electrons.